The van der Waals surface area contributed by atoms with Gasteiger partial charge in [0.05, 0.1) is 10.6 Å². The van der Waals surface area contributed by atoms with Crippen LogP contribution in [-0.2, 0) is 14.9 Å². The van der Waals surface area contributed by atoms with Gasteiger partial charge in [-0.25, -0.2) is 13.9 Å². The number of nitrogens with zero attached hydrogens (tertiary/aromatic N) is 1. The van der Waals surface area contributed by atoms with Crippen LogP contribution in [0.1, 0.15) is 36.3 Å². The molecule has 0 spiro atoms. The van der Waals surface area contributed by atoms with E-state index < -0.39 is 10.0 Å². The van der Waals surface area contributed by atoms with Gasteiger partial charge in [0.2, 0.25) is 11.8 Å². The van der Waals surface area contributed by atoms with Gasteiger partial charge in [-0.05, 0) is 43.7 Å². The van der Waals surface area contributed by atoms with E-state index >= 15 is 0 Å². The molecule has 3 atom stereocenters. The minimum atomic E-state index is -3.80. The summed E-state index contributed by atoms with van der Waals surface area (Å²) in [5.41, 5.74) is 4.52. The monoisotopic (exact) mass is 401 g/mol. The summed E-state index contributed by atoms with van der Waals surface area (Å²) in [5.74, 6) is 0.506. The van der Waals surface area contributed by atoms with Gasteiger partial charge in [0.25, 0.3) is 10.0 Å². The molecule has 0 saturated heterocycles. The van der Waals surface area contributed by atoms with E-state index in [1.807, 2.05) is 12.2 Å². The van der Waals surface area contributed by atoms with E-state index in [0.29, 0.717) is 5.69 Å². The second kappa shape index (κ2) is 5.79. The lowest BCUT2D eigenvalue weighted by Crippen LogP contribution is -2.28. The molecule has 0 radical (unpaired) electrons. The first-order valence-electron chi connectivity index (χ1n) is 8.96. The third kappa shape index (κ3) is 2.43. The number of aromatic nitrogens is 1. The fourth-order valence-corrected chi connectivity index (χ4v) is 5.19. The van der Waals surface area contributed by atoms with Crippen molar-refractivity contribution in [3.05, 3.63) is 59.4 Å². The van der Waals surface area contributed by atoms with Crippen LogP contribution in [-0.4, -0.2) is 29.3 Å². The fourth-order valence-electron chi connectivity index (χ4n) is 4.18. The van der Waals surface area contributed by atoms with Gasteiger partial charge in [0.15, 0.2) is 0 Å². The van der Waals surface area contributed by atoms with Crippen LogP contribution >= 0.6 is 0 Å². The summed E-state index contributed by atoms with van der Waals surface area (Å²) in [4.78, 5) is 5.12. The van der Waals surface area contributed by atoms with Gasteiger partial charge in [-0.2, -0.15) is 0 Å². The summed E-state index contributed by atoms with van der Waals surface area (Å²) in [5, 5.41) is 21.3. The predicted molar refractivity (Wildman–Crippen MR) is 100 cm³/mol. The molecule has 9 heteroatoms. The van der Waals surface area contributed by atoms with Crippen LogP contribution in [0.25, 0.3) is 5.69 Å². The first-order valence-corrected chi connectivity index (χ1v) is 10.4. The van der Waals surface area contributed by atoms with Gasteiger partial charge in [-0.1, -0.05) is 12.2 Å². The number of fused-ring (bicyclic) bond motifs is 5. The van der Waals surface area contributed by atoms with Crippen LogP contribution in [0, 0.1) is 0 Å². The van der Waals surface area contributed by atoms with E-state index in [0.717, 1.165) is 17.5 Å². The first-order chi connectivity index (χ1) is 13.3. The lowest BCUT2D eigenvalue weighted by Gasteiger charge is -2.12. The molecule has 3 unspecified atom stereocenters. The van der Waals surface area contributed by atoms with Crippen LogP contribution in [0.3, 0.4) is 0 Å². The lowest BCUT2D eigenvalue weighted by molar-refractivity contribution is 0.0515. The van der Waals surface area contributed by atoms with Gasteiger partial charge >= 0.3 is 0 Å². The third-order valence-electron chi connectivity index (χ3n) is 5.43. The third-order valence-corrected chi connectivity index (χ3v) is 6.81. The number of nitrogens with one attached hydrogen (secondary N) is 2. The largest absolute Gasteiger partial charge is 0.494 e. The molecule has 2 bridgehead atoms. The summed E-state index contributed by atoms with van der Waals surface area (Å²) in [7, 11) is -3.80. The van der Waals surface area contributed by atoms with Crippen molar-refractivity contribution in [3.63, 3.8) is 0 Å². The number of hydrogen-bond donors (Lipinski definition) is 4. The normalized spacial score (nSPS) is 24.9. The highest BCUT2D eigenvalue weighted by molar-refractivity contribution is 7.89. The average molecular weight is 401 g/mol. The van der Waals surface area contributed by atoms with Crippen LogP contribution in [0.4, 0.5) is 0 Å². The summed E-state index contributed by atoms with van der Waals surface area (Å²) in [6, 6.07) is 5.95. The Kier molecular flexibility index (Phi) is 3.56. The molecule has 1 aromatic heterocycles. The highest BCUT2D eigenvalue weighted by atomic mass is 32.2. The summed E-state index contributed by atoms with van der Waals surface area (Å²) in [6.45, 7) is 1.78. The number of allylic oxidation sites excluding steroid dienone is 2. The molecule has 28 heavy (non-hydrogen) atoms. The van der Waals surface area contributed by atoms with E-state index in [1.165, 1.54) is 16.7 Å². The Labute approximate surface area is 161 Å². The van der Waals surface area contributed by atoms with Gasteiger partial charge in [0.1, 0.15) is 11.9 Å². The van der Waals surface area contributed by atoms with Gasteiger partial charge < -0.3 is 10.2 Å². The molecule has 2 heterocycles. The second-order valence-electron chi connectivity index (χ2n) is 7.25. The molecular formula is C19H19N3O5S. The Morgan fingerprint density at radius 3 is 2.25 bits per heavy atom. The molecule has 4 N–H and O–H groups in total. The zero-order valence-corrected chi connectivity index (χ0v) is 15.8. The SMILES string of the molecule is CC1C=C(NS(=O)(=O)c2ccc(-n3c(O)c4c(c3O)C3C=CC4C3)cc2)NO1. The topological polar surface area (TPSA) is 113 Å². The molecule has 1 aromatic carbocycles. The highest BCUT2D eigenvalue weighted by Crippen LogP contribution is 2.57. The maximum atomic E-state index is 12.5. The maximum absolute atomic E-state index is 12.5. The lowest BCUT2D eigenvalue weighted by atomic mass is 10.0. The highest BCUT2D eigenvalue weighted by Gasteiger charge is 2.41. The minimum absolute atomic E-state index is 0.00419. The summed E-state index contributed by atoms with van der Waals surface area (Å²) in [6.07, 6.45) is 6.36. The van der Waals surface area contributed by atoms with Crippen molar-refractivity contribution in [2.75, 3.05) is 0 Å². The number of hydrogen-bond acceptors (Lipinski definition) is 6. The van der Waals surface area contributed by atoms with E-state index in [4.69, 9.17) is 4.84 Å². The van der Waals surface area contributed by atoms with Crippen molar-refractivity contribution < 1.29 is 23.5 Å². The number of benzene rings is 1. The van der Waals surface area contributed by atoms with Crippen LogP contribution in [0.15, 0.2) is 53.2 Å². The van der Waals surface area contributed by atoms with Gasteiger partial charge in [-0.15, -0.1) is 0 Å². The number of hydroxylamine groups is 1. The molecule has 2 aromatic rings. The Morgan fingerprint density at radius 1 is 1.11 bits per heavy atom. The van der Waals surface area contributed by atoms with E-state index in [-0.39, 0.29) is 40.4 Å². The smallest absolute Gasteiger partial charge is 0.263 e. The zero-order valence-electron chi connectivity index (χ0n) is 15.0. The van der Waals surface area contributed by atoms with E-state index in [2.05, 4.69) is 10.2 Å². The van der Waals surface area contributed by atoms with E-state index in [9.17, 15) is 18.6 Å². The van der Waals surface area contributed by atoms with Crippen molar-refractivity contribution in [1.29, 1.82) is 0 Å². The molecule has 1 aliphatic heterocycles. The van der Waals surface area contributed by atoms with Gasteiger partial charge in [0, 0.05) is 23.0 Å². The number of aromatic hydroxyl groups is 2. The quantitative estimate of drug-likeness (QED) is 0.584. The molecule has 146 valence electrons. The fraction of sp³-hybridized carbons (Fsp3) is 0.263. The molecule has 8 nitrogen and oxygen atoms in total. The van der Waals surface area contributed by atoms with Crippen molar-refractivity contribution in [2.45, 2.75) is 36.2 Å². The van der Waals surface area contributed by atoms with Crippen LogP contribution in [0.5, 0.6) is 11.8 Å². The second-order valence-corrected chi connectivity index (χ2v) is 8.93. The van der Waals surface area contributed by atoms with Crippen molar-refractivity contribution >= 4 is 10.0 Å². The molecule has 0 amide bonds. The van der Waals surface area contributed by atoms with Crippen LogP contribution in [0.2, 0.25) is 0 Å². The number of rotatable bonds is 4. The average Bonchev–Trinajstić information content (AvgIpc) is 3.41. The predicted octanol–water partition coefficient (Wildman–Crippen LogP) is 2.07. The Hall–Kier alpha value is -2.91. The van der Waals surface area contributed by atoms with Crippen molar-refractivity contribution in [1.82, 2.24) is 14.8 Å². The molecule has 2 aliphatic carbocycles. The first kappa shape index (κ1) is 17.2. The van der Waals surface area contributed by atoms with Crippen LogP contribution < -0.4 is 10.2 Å². The maximum Gasteiger partial charge on any atom is 0.263 e. The van der Waals surface area contributed by atoms with Gasteiger partial charge in [-0.3, -0.25) is 14.1 Å². The Morgan fingerprint density at radius 2 is 1.71 bits per heavy atom. The van der Waals surface area contributed by atoms with E-state index in [1.54, 1.807) is 25.1 Å². The minimum Gasteiger partial charge on any atom is -0.494 e. The summed E-state index contributed by atoms with van der Waals surface area (Å²) >= 11 is 0. The Balaban J connectivity index is 1.46. The van der Waals surface area contributed by atoms with Crippen molar-refractivity contribution in [3.8, 4) is 17.4 Å². The molecular weight excluding hydrogens is 382 g/mol. The Bertz CT molecular complexity index is 1100. The number of sulfonamides is 1. The zero-order chi connectivity index (χ0) is 19.6. The molecule has 0 fully saturated rings. The standard InChI is InChI=1S/C19H19N3O5S/c1-10-8-15(20-27-10)21-28(25,26)14-6-4-13(5-7-14)22-18(23)16-11-2-3-12(9-11)17(16)19(22)24/h2-8,10-12,20-21,23-24H,9H2,1H3. The molecule has 5 rings (SSSR count). The van der Waals surface area contributed by atoms with Crippen molar-refractivity contribution in [2.24, 2.45) is 0 Å². The molecule has 0 saturated carbocycles. The summed E-state index contributed by atoms with van der Waals surface area (Å²) < 4.78 is 28.8. The molecule has 3 aliphatic rings.